The Hall–Kier alpha value is -0.630. The van der Waals surface area contributed by atoms with E-state index in [1.807, 2.05) is 6.92 Å². The highest BCUT2D eigenvalue weighted by Crippen LogP contribution is 2.30. The summed E-state index contributed by atoms with van der Waals surface area (Å²) in [6.07, 6.45) is 1.48. The van der Waals surface area contributed by atoms with Crippen LogP contribution in [0.15, 0.2) is 21.6 Å². The molecule has 62 valence electrons. The van der Waals surface area contributed by atoms with Crippen LogP contribution in [0, 0.1) is 6.92 Å². The van der Waals surface area contributed by atoms with Crippen molar-refractivity contribution in [2.45, 2.75) is 6.92 Å². The second-order valence-corrected chi connectivity index (χ2v) is 3.52. The molecule has 12 heavy (non-hydrogen) atoms. The number of hydrogen-bond acceptors (Lipinski definition) is 2. The number of rotatable bonds is 1. The first-order chi connectivity index (χ1) is 5.65. The maximum absolute atomic E-state index is 9.98. The van der Waals surface area contributed by atoms with Crippen LogP contribution in [0.25, 0.3) is 0 Å². The van der Waals surface area contributed by atoms with Crippen LogP contribution >= 0.6 is 27.5 Å². The third kappa shape index (κ3) is 1.95. The Labute approximate surface area is 83.4 Å². The normalized spacial score (nSPS) is 9.25. The van der Waals surface area contributed by atoms with Crippen molar-refractivity contribution in [1.82, 2.24) is 0 Å². The lowest BCUT2D eigenvalue weighted by Gasteiger charge is -2.00. The van der Waals surface area contributed by atoms with Gasteiger partial charge in [-0.3, -0.25) is 0 Å². The molecule has 0 aliphatic rings. The monoisotopic (exact) mass is 245 g/mol. The lowest BCUT2D eigenvalue weighted by atomic mass is 10.2. The maximum atomic E-state index is 9.98. The van der Waals surface area contributed by atoms with E-state index in [0.717, 1.165) is 10.0 Å². The minimum absolute atomic E-state index is 0.585. The predicted molar refractivity (Wildman–Crippen MR) is 51.7 cm³/mol. The Kier molecular flexibility index (Phi) is 3.04. The molecule has 0 saturated heterocycles. The Morgan fingerprint density at radius 3 is 2.83 bits per heavy atom. The van der Waals surface area contributed by atoms with E-state index in [1.54, 1.807) is 12.1 Å². The second kappa shape index (κ2) is 3.85. The van der Waals surface area contributed by atoms with Crippen molar-refractivity contribution in [2.75, 3.05) is 0 Å². The number of hydrogen-bond donors (Lipinski definition) is 0. The van der Waals surface area contributed by atoms with Gasteiger partial charge in [0.15, 0.2) is 0 Å². The van der Waals surface area contributed by atoms with E-state index in [2.05, 4.69) is 20.9 Å². The zero-order chi connectivity index (χ0) is 9.14. The molecular formula is C8H5BrClNO. The van der Waals surface area contributed by atoms with E-state index >= 15 is 0 Å². The molecule has 4 heteroatoms. The van der Waals surface area contributed by atoms with Crippen molar-refractivity contribution in [3.63, 3.8) is 0 Å². The summed E-state index contributed by atoms with van der Waals surface area (Å²) >= 11 is 9.03. The van der Waals surface area contributed by atoms with Gasteiger partial charge in [0.1, 0.15) is 0 Å². The molecule has 2 nitrogen and oxygen atoms in total. The fourth-order valence-electron chi connectivity index (χ4n) is 0.805. The predicted octanol–water partition coefficient (Wildman–Crippen LogP) is 3.38. The van der Waals surface area contributed by atoms with E-state index in [4.69, 9.17) is 11.6 Å². The molecule has 1 aromatic rings. The van der Waals surface area contributed by atoms with Gasteiger partial charge in [0.2, 0.25) is 6.08 Å². The molecule has 0 fully saturated rings. The minimum Gasteiger partial charge on any atom is -0.211 e. The molecule has 0 radical (unpaired) electrons. The average Bonchev–Trinajstić information content (AvgIpc) is 2.01. The molecule has 0 unspecified atom stereocenters. The summed E-state index contributed by atoms with van der Waals surface area (Å²) in [6.45, 7) is 1.83. The first-order valence-electron chi connectivity index (χ1n) is 3.18. The molecule has 0 saturated carbocycles. The van der Waals surface area contributed by atoms with E-state index in [9.17, 15) is 4.79 Å². The topological polar surface area (TPSA) is 29.4 Å². The van der Waals surface area contributed by atoms with Crippen LogP contribution in [0.4, 0.5) is 5.69 Å². The van der Waals surface area contributed by atoms with E-state index in [1.165, 1.54) is 6.08 Å². The molecule has 0 N–H and O–H groups in total. The zero-order valence-electron chi connectivity index (χ0n) is 6.27. The van der Waals surface area contributed by atoms with E-state index in [0.29, 0.717) is 10.7 Å². The summed E-state index contributed by atoms with van der Waals surface area (Å²) in [4.78, 5) is 13.5. The molecular weight excluding hydrogens is 241 g/mol. The number of isocyanates is 1. The summed E-state index contributed by atoms with van der Waals surface area (Å²) < 4.78 is 0.726. The quantitative estimate of drug-likeness (QED) is 0.552. The Morgan fingerprint density at radius 1 is 1.58 bits per heavy atom. The van der Waals surface area contributed by atoms with Crippen molar-refractivity contribution in [3.05, 3.63) is 27.2 Å². The molecule has 0 heterocycles. The Balaban J connectivity index is 3.32. The van der Waals surface area contributed by atoms with Crippen molar-refractivity contribution in [2.24, 2.45) is 4.99 Å². The number of carbonyl (C=O) groups excluding carboxylic acids is 1. The van der Waals surface area contributed by atoms with Gasteiger partial charge in [-0.2, -0.15) is 4.99 Å². The van der Waals surface area contributed by atoms with Crippen LogP contribution in [0.5, 0.6) is 0 Å². The van der Waals surface area contributed by atoms with Gasteiger partial charge in [-0.1, -0.05) is 11.6 Å². The molecule has 0 aromatic heterocycles. The Morgan fingerprint density at radius 2 is 2.25 bits per heavy atom. The fourth-order valence-corrected chi connectivity index (χ4v) is 1.35. The van der Waals surface area contributed by atoms with Crippen LogP contribution in [0.1, 0.15) is 5.56 Å². The number of aliphatic imine (C=N–C) groups is 1. The third-order valence-electron chi connectivity index (χ3n) is 1.40. The van der Waals surface area contributed by atoms with Gasteiger partial charge in [0, 0.05) is 4.47 Å². The molecule has 0 atom stereocenters. The summed E-state index contributed by atoms with van der Waals surface area (Å²) in [5.41, 5.74) is 1.44. The van der Waals surface area contributed by atoms with Gasteiger partial charge >= 0.3 is 0 Å². The molecule has 0 aliphatic carbocycles. The summed E-state index contributed by atoms with van der Waals surface area (Å²) in [6, 6.07) is 3.42. The maximum Gasteiger partial charge on any atom is 0.240 e. The minimum atomic E-state index is 0.585. The molecule has 0 spiro atoms. The summed E-state index contributed by atoms with van der Waals surface area (Å²) in [5, 5.41) is 0.609. The van der Waals surface area contributed by atoms with Crippen molar-refractivity contribution < 1.29 is 4.79 Å². The fraction of sp³-hybridized carbons (Fsp3) is 0.125. The highest BCUT2D eigenvalue weighted by molar-refractivity contribution is 9.10. The SMILES string of the molecule is Cc1cc(Cl)c(Br)cc1N=C=O. The molecule has 1 rings (SSSR count). The van der Waals surface area contributed by atoms with Crippen LogP contribution in [0.2, 0.25) is 5.02 Å². The highest BCUT2D eigenvalue weighted by atomic mass is 79.9. The van der Waals surface area contributed by atoms with Crippen LogP contribution in [-0.2, 0) is 4.79 Å². The lowest BCUT2D eigenvalue weighted by molar-refractivity contribution is 0.565. The molecule has 0 aliphatic heterocycles. The first kappa shape index (κ1) is 9.46. The standard InChI is InChI=1S/C8H5BrClNO/c1-5-2-7(10)6(9)3-8(5)11-4-12/h2-3H,1H3. The zero-order valence-corrected chi connectivity index (χ0v) is 8.61. The number of nitrogens with zero attached hydrogens (tertiary/aromatic N) is 1. The summed E-state index contributed by atoms with van der Waals surface area (Å²) in [7, 11) is 0. The number of benzene rings is 1. The number of aryl methyl sites for hydroxylation is 1. The average molecular weight is 246 g/mol. The highest BCUT2D eigenvalue weighted by Gasteiger charge is 2.02. The van der Waals surface area contributed by atoms with Crippen LogP contribution < -0.4 is 0 Å². The van der Waals surface area contributed by atoms with Gasteiger partial charge in [-0.15, -0.1) is 0 Å². The third-order valence-corrected chi connectivity index (χ3v) is 2.60. The smallest absolute Gasteiger partial charge is 0.211 e. The first-order valence-corrected chi connectivity index (χ1v) is 4.35. The second-order valence-electron chi connectivity index (χ2n) is 2.26. The largest absolute Gasteiger partial charge is 0.240 e. The lowest BCUT2D eigenvalue weighted by Crippen LogP contribution is -1.76. The summed E-state index contributed by atoms with van der Waals surface area (Å²) in [5.74, 6) is 0. The molecule has 0 bridgehead atoms. The molecule has 0 amide bonds. The van der Waals surface area contributed by atoms with Gasteiger partial charge in [0.05, 0.1) is 10.7 Å². The van der Waals surface area contributed by atoms with E-state index < -0.39 is 0 Å². The van der Waals surface area contributed by atoms with Gasteiger partial charge in [-0.05, 0) is 40.5 Å². The van der Waals surface area contributed by atoms with E-state index in [-0.39, 0.29) is 0 Å². The van der Waals surface area contributed by atoms with Gasteiger partial charge < -0.3 is 0 Å². The van der Waals surface area contributed by atoms with Gasteiger partial charge in [0.25, 0.3) is 0 Å². The number of halogens is 2. The van der Waals surface area contributed by atoms with Crippen LogP contribution in [0.3, 0.4) is 0 Å². The molecule has 1 aromatic carbocycles. The Bertz CT molecular complexity index is 358. The van der Waals surface area contributed by atoms with Crippen molar-refractivity contribution in [3.8, 4) is 0 Å². The van der Waals surface area contributed by atoms with Crippen LogP contribution in [-0.4, -0.2) is 6.08 Å². The van der Waals surface area contributed by atoms with Crippen molar-refractivity contribution in [1.29, 1.82) is 0 Å². The van der Waals surface area contributed by atoms with Gasteiger partial charge in [-0.25, -0.2) is 4.79 Å². The van der Waals surface area contributed by atoms with Crippen molar-refractivity contribution >= 4 is 39.3 Å².